The summed E-state index contributed by atoms with van der Waals surface area (Å²) in [5.74, 6) is -2.11. The second-order valence-corrected chi connectivity index (χ2v) is 3.55. The van der Waals surface area contributed by atoms with E-state index in [0.717, 1.165) is 12.1 Å². The lowest BCUT2D eigenvalue weighted by Crippen LogP contribution is -2.19. The zero-order chi connectivity index (χ0) is 14.6. The Morgan fingerprint density at radius 2 is 1.95 bits per heavy atom. The van der Waals surface area contributed by atoms with Crippen molar-refractivity contribution in [1.29, 1.82) is 0 Å². The minimum absolute atomic E-state index is 0.102. The molecule has 1 aromatic carbocycles. The van der Waals surface area contributed by atoms with Gasteiger partial charge < -0.3 is 9.47 Å². The lowest BCUT2D eigenvalue weighted by molar-refractivity contribution is -0.275. The third-order valence-electron chi connectivity index (χ3n) is 1.93. The number of carbonyl (C=O) groups is 1. The Balaban J connectivity index is 3.17. The van der Waals surface area contributed by atoms with Gasteiger partial charge in [0.2, 0.25) is 0 Å². The summed E-state index contributed by atoms with van der Waals surface area (Å²) in [7, 11) is 0. The molecule has 0 saturated carbocycles. The van der Waals surface area contributed by atoms with Crippen molar-refractivity contribution in [2.75, 3.05) is 0 Å². The monoisotopic (exact) mass is 284 g/mol. The van der Waals surface area contributed by atoms with Crippen LogP contribution < -0.4 is 9.47 Å². The van der Waals surface area contributed by atoms with E-state index in [-0.39, 0.29) is 12.0 Å². The Kier molecular flexibility index (Phi) is 4.68. The van der Waals surface area contributed by atoms with E-state index in [1.807, 2.05) is 0 Å². The number of rotatable bonds is 5. The molecule has 3 nitrogen and oxygen atoms in total. The molecule has 0 aliphatic carbocycles. The zero-order valence-electron chi connectivity index (χ0n) is 9.63. The van der Waals surface area contributed by atoms with Crippen LogP contribution in [0, 0.1) is 0 Å². The first-order chi connectivity index (χ1) is 8.69. The van der Waals surface area contributed by atoms with Crippen LogP contribution in [0.4, 0.5) is 22.0 Å². The van der Waals surface area contributed by atoms with E-state index in [1.165, 1.54) is 13.0 Å². The van der Waals surface area contributed by atoms with Crippen LogP contribution in [0.15, 0.2) is 18.2 Å². The molecule has 0 N–H and O–H groups in total. The SMILES string of the molecule is CC(=O)Cc1cccc(OC(F)(F)F)c1OC(F)F. The first-order valence-corrected chi connectivity index (χ1v) is 5.01. The van der Waals surface area contributed by atoms with Crippen LogP contribution >= 0.6 is 0 Å². The van der Waals surface area contributed by atoms with Gasteiger partial charge in [-0.05, 0) is 13.0 Å². The highest BCUT2D eigenvalue weighted by molar-refractivity contribution is 5.79. The summed E-state index contributed by atoms with van der Waals surface area (Å²) in [6, 6.07) is 3.19. The molecular weight excluding hydrogens is 275 g/mol. The third-order valence-corrected chi connectivity index (χ3v) is 1.93. The van der Waals surface area contributed by atoms with Crippen molar-refractivity contribution in [3.05, 3.63) is 23.8 Å². The van der Waals surface area contributed by atoms with Gasteiger partial charge in [-0.3, -0.25) is 4.79 Å². The van der Waals surface area contributed by atoms with Crippen LogP contribution in [0.25, 0.3) is 0 Å². The normalized spacial score (nSPS) is 11.5. The standard InChI is InChI=1S/C11H9F5O3/c1-6(17)5-7-3-2-4-8(19-11(14,15)16)9(7)18-10(12)13/h2-4,10H,5H2,1H3. The Hall–Kier alpha value is -1.86. The summed E-state index contributed by atoms with van der Waals surface area (Å²) in [5.41, 5.74) is -0.102. The molecule has 0 aromatic heterocycles. The zero-order valence-corrected chi connectivity index (χ0v) is 9.63. The molecule has 0 radical (unpaired) electrons. The van der Waals surface area contributed by atoms with Crippen LogP contribution in [0.2, 0.25) is 0 Å². The lowest BCUT2D eigenvalue weighted by atomic mass is 10.1. The Morgan fingerprint density at radius 3 is 2.42 bits per heavy atom. The number of benzene rings is 1. The molecule has 0 saturated heterocycles. The molecule has 0 unspecified atom stereocenters. The summed E-state index contributed by atoms with van der Waals surface area (Å²) in [6.07, 6.45) is -5.38. The maximum Gasteiger partial charge on any atom is 0.573 e. The third kappa shape index (κ3) is 5.11. The van der Waals surface area contributed by atoms with Crippen molar-refractivity contribution in [2.45, 2.75) is 26.3 Å². The molecule has 0 heterocycles. The second kappa shape index (κ2) is 5.85. The van der Waals surface area contributed by atoms with E-state index in [4.69, 9.17) is 0 Å². The quantitative estimate of drug-likeness (QED) is 0.778. The van der Waals surface area contributed by atoms with Gasteiger partial charge in [0.25, 0.3) is 0 Å². The van der Waals surface area contributed by atoms with E-state index in [1.54, 1.807) is 0 Å². The van der Waals surface area contributed by atoms with Gasteiger partial charge >= 0.3 is 13.0 Å². The van der Waals surface area contributed by atoms with E-state index in [2.05, 4.69) is 9.47 Å². The highest BCUT2D eigenvalue weighted by Gasteiger charge is 2.33. The predicted molar refractivity (Wildman–Crippen MR) is 54.1 cm³/mol. The number of hydrogen-bond donors (Lipinski definition) is 0. The molecule has 0 fully saturated rings. The molecule has 0 bridgehead atoms. The van der Waals surface area contributed by atoms with Crippen LogP contribution in [0.3, 0.4) is 0 Å². The Bertz CT molecular complexity index is 456. The van der Waals surface area contributed by atoms with Crippen LogP contribution in [-0.4, -0.2) is 18.8 Å². The topological polar surface area (TPSA) is 35.5 Å². The Morgan fingerprint density at radius 1 is 1.32 bits per heavy atom. The van der Waals surface area contributed by atoms with Gasteiger partial charge in [-0.25, -0.2) is 0 Å². The van der Waals surface area contributed by atoms with E-state index in [0.29, 0.717) is 0 Å². The van der Waals surface area contributed by atoms with Crippen LogP contribution in [0.5, 0.6) is 11.5 Å². The summed E-state index contributed by atoms with van der Waals surface area (Å²) < 4.78 is 68.4. The van der Waals surface area contributed by atoms with Gasteiger partial charge in [-0.2, -0.15) is 8.78 Å². The fraction of sp³-hybridized carbons (Fsp3) is 0.364. The summed E-state index contributed by atoms with van der Waals surface area (Å²) in [5, 5.41) is 0. The van der Waals surface area contributed by atoms with Gasteiger partial charge in [0.05, 0.1) is 0 Å². The number of Topliss-reactive ketones (excluding diaryl/α,β-unsaturated/α-hetero) is 1. The number of ketones is 1. The summed E-state index contributed by atoms with van der Waals surface area (Å²) in [4.78, 5) is 10.9. The number of carbonyl (C=O) groups excluding carboxylic acids is 1. The first kappa shape index (κ1) is 15.2. The number of halogens is 5. The van der Waals surface area contributed by atoms with Gasteiger partial charge in [0.1, 0.15) is 5.78 Å². The molecule has 0 atom stereocenters. The molecule has 19 heavy (non-hydrogen) atoms. The molecule has 0 amide bonds. The van der Waals surface area contributed by atoms with Gasteiger partial charge in [0.15, 0.2) is 11.5 Å². The van der Waals surface area contributed by atoms with Crippen LogP contribution in [-0.2, 0) is 11.2 Å². The average Bonchev–Trinajstić information content (AvgIpc) is 2.19. The maximum absolute atomic E-state index is 12.2. The summed E-state index contributed by atoms with van der Waals surface area (Å²) in [6.45, 7) is -2.16. The largest absolute Gasteiger partial charge is 0.573 e. The average molecular weight is 284 g/mol. The van der Waals surface area contributed by atoms with Gasteiger partial charge in [-0.1, -0.05) is 12.1 Å². The van der Waals surface area contributed by atoms with Gasteiger partial charge in [-0.15, -0.1) is 13.2 Å². The minimum Gasteiger partial charge on any atom is -0.431 e. The summed E-state index contributed by atoms with van der Waals surface area (Å²) >= 11 is 0. The molecule has 0 aliphatic heterocycles. The van der Waals surface area contributed by atoms with Crippen molar-refractivity contribution in [2.24, 2.45) is 0 Å². The predicted octanol–water partition coefficient (Wildman–Crippen LogP) is 3.32. The molecule has 1 aromatic rings. The molecule has 8 heteroatoms. The fourth-order valence-electron chi connectivity index (χ4n) is 1.40. The van der Waals surface area contributed by atoms with Crippen molar-refractivity contribution >= 4 is 5.78 Å². The maximum atomic E-state index is 12.2. The first-order valence-electron chi connectivity index (χ1n) is 5.01. The van der Waals surface area contributed by atoms with Crippen molar-refractivity contribution in [1.82, 2.24) is 0 Å². The number of ether oxygens (including phenoxy) is 2. The number of para-hydroxylation sites is 1. The fourth-order valence-corrected chi connectivity index (χ4v) is 1.40. The minimum atomic E-state index is -5.05. The highest BCUT2D eigenvalue weighted by Crippen LogP contribution is 2.36. The smallest absolute Gasteiger partial charge is 0.431 e. The molecular formula is C11H9F5O3. The van der Waals surface area contributed by atoms with Gasteiger partial charge in [0, 0.05) is 12.0 Å². The highest BCUT2D eigenvalue weighted by atomic mass is 19.4. The van der Waals surface area contributed by atoms with E-state index < -0.39 is 30.3 Å². The number of hydrogen-bond acceptors (Lipinski definition) is 3. The lowest BCUT2D eigenvalue weighted by Gasteiger charge is -2.16. The van der Waals surface area contributed by atoms with Crippen molar-refractivity contribution in [3.8, 4) is 11.5 Å². The second-order valence-electron chi connectivity index (χ2n) is 3.55. The molecule has 0 spiro atoms. The van der Waals surface area contributed by atoms with Crippen molar-refractivity contribution in [3.63, 3.8) is 0 Å². The molecule has 106 valence electrons. The Labute approximate surface area is 104 Å². The van der Waals surface area contributed by atoms with Crippen LogP contribution in [0.1, 0.15) is 12.5 Å². The molecule has 0 aliphatic rings. The molecule has 1 rings (SSSR count). The van der Waals surface area contributed by atoms with E-state index >= 15 is 0 Å². The number of alkyl halides is 5. The van der Waals surface area contributed by atoms with Crippen molar-refractivity contribution < 1.29 is 36.2 Å². The van der Waals surface area contributed by atoms with E-state index in [9.17, 15) is 26.7 Å².